The van der Waals surface area contributed by atoms with Crippen LogP contribution in [0.4, 0.5) is 4.79 Å². The van der Waals surface area contributed by atoms with Crippen LogP contribution in [0.5, 0.6) is 0 Å². The number of rotatable bonds is 5. The monoisotopic (exact) mass is 429 g/mol. The lowest BCUT2D eigenvalue weighted by Gasteiger charge is -2.40. The molecule has 0 radical (unpaired) electrons. The van der Waals surface area contributed by atoms with Crippen LogP contribution in [0.25, 0.3) is 0 Å². The topological polar surface area (TPSA) is 79.4 Å². The molecule has 1 atom stereocenters. The van der Waals surface area contributed by atoms with Crippen LogP contribution in [0.15, 0.2) is 36.0 Å². The molecule has 0 aromatic heterocycles. The molecular formula is C23H31N3O5. The van der Waals surface area contributed by atoms with Gasteiger partial charge in [0.1, 0.15) is 24.8 Å². The molecule has 168 valence electrons. The van der Waals surface area contributed by atoms with Crippen LogP contribution in [0.3, 0.4) is 0 Å². The number of allylic oxidation sites excluding steroid dienone is 1. The van der Waals surface area contributed by atoms with Gasteiger partial charge in [-0.2, -0.15) is 0 Å². The average molecular weight is 430 g/mol. The van der Waals surface area contributed by atoms with E-state index in [1.54, 1.807) is 9.96 Å². The summed E-state index contributed by atoms with van der Waals surface area (Å²) >= 11 is 0. The van der Waals surface area contributed by atoms with Crippen molar-refractivity contribution in [3.63, 3.8) is 0 Å². The maximum Gasteiger partial charge on any atom is 0.410 e. The second-order valence-electron chi connectivity index (χ2n) is 9.01. The number of carbonyl (C=O) groups is 2. The lowest BCUT2D eigenvalue weighted by atomic mass is 9.94. The van der Waals surface area contributed by atoms with Crippen molar-refractivity contribution in [2.75, 3.05) is 32.7 Å². The molecule has 1 aromatic carbocycles. The van der Waals surface area contributed by atoms with E-state index in [0.717, 1.165) is 12.0 Å². The van der Waals surface area contributed by atoms with Crippen LogP contribution in [0.1, 0.15) is 39.2 Å². The molecule has 1 aromatic rings. The number of hydroxylamine groups is 2. The van der Waals surface area contributed by atoms with E-state index in [-0.39, 0.29) is 25.0 Å². The fraction of sp³-hybridized carbons (Fsp3) is 0.565. The molecule has 0 saturated carbocycles. The van der Waals surface area contributed by atoms with E-state index in [0.29, 0.717) is 38.3 Å². The third-order valence-corrected chi connectivity index (χ3v) is 5.29. The Morgan fingerprint density at radius 2 is 1.90 bits per heavy atom. The number of hydrogen-bond donors (Lipinski definition) is 0. The van der Waals surface area contributed by atoms with E-state index in [1.165, 1.54) is 4.90 Å². The van der Waals surface area contributed by atoms with Gasteiger partial charge in [-0.05, 0) is 38.7 Å². The van der Waals surface area contributed by atoms with Gasteiger partial charge in [0.05, 0.1) is 5.60 Å². The first-order valence-electron chi connectivity index (χ1n) is 10.7. The Kier molecular flexibility index (Phi) is 7.36. The predicted molar refractivity (Wildman–Crippen MR) is 114 cm³/mol. The maximum atomic E-state index is 12.6. The average Bonchev–Trinajstić information content (AvgIpc) is 2.74. The number of nitrogens with zero attached hydrogens (tertiary/aromatic N) is 3. The van der Waals surface area contributed by atoms with Gasteiger partial charge in [0.15, 0.2) is 0 Å². The van der Waals surface area contributed by atoms with E-state index < -0.39 is 11.7 Å². The molecule has 0 bridgehead atoms. The van der Waals surface area contributed by atoms with Crippen molar-refractivity contribution in [1.29, 1.82) is 0 Å². The molecule has 2 aliphatic heterocycles. The minimum absolute atomic E-state index is 0.00990. The summed E-state index contributed by atoms with van der Waals surface area (Å²) in [7, 11) is 0. The highest BCUT2D eigenvalue weighted by Crippen LogP contribution is 2.28. The first-order chi connectivity index (χ1) is 14.7. The van der Waals surface area contributed by atoms with Gasteiger partial charge in [-0.1, -0.05) is 30.3 Å². The van der Waals surface area contributed by atoms with Crippen molar-refractivity contribution in [3.05, 3.63) is 41.6 Å². The van der Waals surface area contributed by atoms with Gasteiger partial charge in [-0.25, -0.2) is 14.7 Å². The molecule has 8 nitrogen and oxygen atoms in total. The second-order valence-corrected chi connectivity index (χ2v) is 9.01. The smallest absolute Gasteiger partial charge is 0.410 e. The van der Waals surface area contributed by atoms with E-state index in [1.807, 2.05) is 57.0 Å². The van der Waals surface area contributed by atoms with Crippen molar-refractivity contribution in [2.45, 2.75) is 45.8 Å². The molecule has 2 saturated heterocycles. The third kappa shape index (κ3) is 6.57. The van der Waals surface area contributed by atoms with E-state index in [2.05, 4.69) is 0 Å². The van der Waals surface area contributed by atoms with Gasteiger partial charge < -0.3 is 9.64 Å². The van der Waals surface area contributed by atoms with Gasteiger partial charge in [0.25, 0.3) is 0 Å². The van der Waals surface area contributed by atoms with Gasteiger partial charge in [0, 0.05) is 32.6 Å². The summed E-state index contributed by atoms with van der Waals surface area (Å²) in [5.41, 5.74) is 1.000. The molecule has 8 heteroatoms. The number of ether oxygens (including phenoxy) is 1. The van der Waals surface area contributed by atoms with E-state index >= 15 is 0 Å². The molecular weight excluding hydrogens is 398 g/mol. The minimum atomic E-state index is -0.476. The van der Waals surface area contributed by atoms with Crippen LogP contribution in [-0.4, -0.2) is 71.1 Å². The van der Waals surface area contributed by atoms with Gasteiger partial charge in [-0.15, -0.1) is 0 Å². The van der Waals surface area contributed by atoms with Gasteiger partial charge >= 0.3 is 6.09 Å². The number of hydrogen-bond acceptors (Lipinski definition) is 6. The molecule has 2 heterocycles. The largest absolute Gasteiger partial charge is 0.445 e. The zero-order valence-electron chi connectivity index (χ0n) is 18.5. The molecule has 3 rings (SSSR count). The van der Waals surface area contributed by atoms with Crippen LogP contribution >= 0.6 is 0 Å². The lowest BCUT2D eigenvalue weighted by Crippen LogP contribution is -2.53. The van der Waals surface area contributed by atoms with Crippen molar-refractivity contribution < 1.29 is 24.0 Å². The summed E-state index contributed by atoms with van der Waals surface area (Å²) in [5.74, 6) is 2.06. The molecule has 0 aliphatic carbocycles. The molecule has 1 unspecified atom stereocenters. The quantitative estimate of drug-likeness (QED) is 0.670. The number of piperazine rings is 1. The Bertz CT molecular complexity index is 829. The summed E-state index contributed by atoms with van der Waals surface area (Å²) < 4.78 is 5.33. The van der Waals surface area contributed by atoms with Gasteiger partial charge in [-0.3, -0.25) is 14.5 Å². The molecule has 2 amide bonds. The normalized spacial score (nSPS) is 20.0. The number of amides is 2. The van der Waals surface area contributed by atoms with Crippen molar-refractivity contribution >= 4 is 17.9 Å². The summed E-state index contributed by atoms with van der Waals surface area (Å²) in [6.45, 7) is 8.03. The summed E-state index contributed by atoms with van der Waals surface area (Å²) in [5, 5.41) is 1.63. The number of piperidine rings is 1. The summed E-state index contributed by atoms with van der Waals surface area (Å²) in [4.78, 5) is 45.4. The Labute approximate surface area is 183 Å². The van der Waals surface area contributed by atoms with Crippen LogP contribution in [0, 0.1) is 5.92 Å². The number of benzene rings is 1. The molecule has 31 heavy (non-hydrogen) atoms. The SMILES string of the molecule is CC(C)(C)ON1CCC(CN2CCN(C(=O)OCc3ccccc3)CC2=O)CC1=C=O. The van der Waals surface area contributed by atoms with Crippen molar-refractivity contribution in [2.24, 2.45) is 5.92 Å². The Morgan fingerprint density at radius 3 is 2.55 bits per heavy atom. The standard InChI is InChI=1S/C23H31N3O5/c1-23(2,3)31-26-10-9-19(13-20(26)16-27)14-24-11-12-25(15-21(24)28)22(29)30-17-18-7-5-4-6-8-18/h4-8,19H,9-15,17H2,1-3H3. The molecule has 0 N–H and O–H groups in total. The molecule has 2 fully saturated rings. The fourth-order valence-corrected chi connectivity index (χ4v) is 3.77. The Balaban J connectivity index is 1.46. The third-order valence-electron chi connectivity index (χ3n) is 5.29. The van der Waals surface area contributed by atoms with Crippen molar-refractivity contribution in [1.82, 2.24) is 14.9 Å². The van der Waals surface area contributed by atoms with E-state index in [9.17, 15) is 14.4 Å². The second kappa shape index (κ2) is 9.98. The van der Waals surface area contributed by atoms with Crippen molar-refractivity contribution in [3.8, 4) is 0 Å². The molecule has 2 aliphatic rings. The minimum Gasteiger partial charge on any atom is -0.445 e. The Morgan fingerprint density at radius 1 is 1.16 bits per heavy atom. The highest BCUT2D eigenvalue weighted by atomic mass is 16.7. The first kappa shape index (κ1) is 22.8. The maximum absolute atomic E-state index is 12.6. The summed E-state index contributed by atoms with van der Waals surface area (Å²) in [6, 6.07) is 9.44. The predicted octanol–water partition coefficient (Wildman–Crippen LogP) is 2.63. The highest BCUT2D eigenvalue weighted by molar-refractivity contribution is 5.83. The van der Waals surface area contributed by atoms with Crippen LogP contribution in [0.2, 0.25) is 0 Å². The highest BCUT2D eigenvalue weighted by Gasteiger charge is 2.33. The zero-order valence-corrected chi connectivity index (χ0v) is 18.5. The lowest BCUT2D eigenvalue weighted by molar-refractivity contribution is -0.216. The molecule has 0 spiro atoms. The van der Waals surface area contributed by atoms with Crippen LogP contribution in [-0.2, 0) is 25.8 Å². The van der Waals surface area contributed by atoms with Gasteiger partial charge in [0.2, 0.25) is 5.91 Å². The van der Waals surface area contributed by atoms with E-state index in [4.69, 9.17) is 9.57 Å². The summed E-state index contributed by atoms with van der Waals surface area (Å²) in [6.07, 6.45) is 0.857. The number of carbonyl (C=O) groups excluding carboxylic acids is 3. The first-order valence-corrected chi connectivity index (χ1v) is 10.7. The Hall–Kier alpha value is -2.83. The zero-order chi connectivity index (χ0) is 22.4. The van der Waals surface area contributed by atoms with Crippen LogP contribution < -0.4 is 0 Å². The fourth-order valence-electron chi connectivity index (χ4n) is 3.77.